The Kier molecular flexibility index (Phi) is 7.30. The Hall–Kier alpha value is -1.34. The molecule has 0 saturated carbocycles. The Morgan fingerprint density at radius 1 is 1.56 bits per heavy atom. The van der Waals surface area contributed by atoms with Crippen molar-refractivity contribution in [1.29, 1.82) is 0 Å². The molecule has 1 aliphatic heterocycles. The first-order valence-electron chi connectivity index (χ1n) is 5.64. The molecule has 0 radical (unpaired) electrons. The summed E-state index contributed by atoms with van der Waals surface area (Å²) < 4.78 is 0. The third-order valence-corrected chi connectivity index (χ3v) is 2.66. The number of rotatable bonds is 4. The largest absolute Gasteiger partial charge is 0.353 e. The molecule has 1 unspecified atom stereocenters. The van der Waals surface area contributed by atoms with Crippen molar-refractivity contribution in [3.63, 3.8) is 0 Å². The van der Waals surface area contributed by atoms with Crippen LogP contribution in [-0.4, -0.2) is 54.8 Å². The summed E-state index contributed by atoms with van der Waals surface area (Å²) in [4.78, 5) is 35.8. The first kappa shape index (κ1) is 16.7. The maximum Gasteiger partial charge on any atom is 0.242 e. The van der Waals surface area contributed by atoms with Crippen LogP contribution in [0.3, 0.4) is 0 Å². The lowest BCUT2D eigenvalue weighted by molar-refractivity contribution is -0.143. The van der Waals surface area contributed by atoms with E-state index < -0.39 is 6.04 Å². The lowest BCUT2D eigenvalue weighted by Gasteiger charge is -2.34. The molecule has 0 aromatic carbocycles. The van der Waals surface area contributed by atoms with Crippen LogP contribution < -0.4 is 16.4 Å². The fourth-order valence-corrected chi connectivity index (χ4v) is 1.77. The van der Waals surface area contributed by atoms with Crippen LogP contribution in [0.25, 0.3) is 0 Å². The summed E-state index contributed by atoms with van der Waals surface area (Å²) in [5.41, 5.74) is 5.11. The molecule has 4 N–H and O–H groups in total. The van der Waals surface area contributed by atoms with Crippen molar-refractivity contribution < 1.29 is 14.4 Å². The van der Waals surface area contributed by atoms with Gasteiger partial charge < -0.3 is 21.3 Å². The van der Waals surface area contributed by atoms with Gasteiger partial charge >= 0.3 is 0 Å². The number of amides is 3. The molecule has 0 aromatic heterocycles. The van der Waals surface area contributed by atoms with E-state index in [0.29, 0.717) is 19.5 Å². The zero-order valence-corrected chi connectivity index (χ0v) is 11.1. The maximum absolute atomic E-state index is 11.8. The summed E-state index contributed by atoms with van der Waals surface area (Å²) in [5, 5.41) is 5.11. The van der Waals surface area contributed by atoms with Crippen molar-refractivity contribution in [2.75, 3.05) is 26.2 Å². The van der Waals surface area contributed by atoms with E-state index in [-0.39, 0.29) is 43.2 Å². The molecule has 1 atom stereocenters. The second-order valence-corrected chi connectivity index (χ2v) is 3.78. The van der Waals surface area contributed by atoms with E-state index in [0.717, 1.165) is 0 Å². The predicted octanol–water partition coefficient (Wildman–Crippen LogP) is -1.78. The van der Waals surface area contributed by atoms with Gasteiger partial charge in [0.25, 0.3) is 0 Å². The average molecular weight is 279 g/mol. The fourth-order valence-electron chi connectivity index (χ4n) is 1.77. The van der Waals surface area contributed by atoms with Crippen molar-refractivity contribution in [2.24, 2.45) is 5.73 Å². The lowest BCUT2D eigenvalue weighted by atomic mass is 10.1. The number of halogens is 1. The van der Waals surface area contributed by atoms with Crippen LogP contribution in [0.2, 0.25) is 0 Å². The van der Waals surface area contributed by atoms with Crippen LogP contribution in [0, 0.1) is 0 Å². The third kappa shape index (κ3) is 4.15. The highest BCUT2D eigenvalue weighted by molar-refractivity contribution is 5.91. The molecule has 8 heteroatoms. The monoisotopic (exact) mass is 278 g/mol. The van der Waals surface area contributed by atoms with E-state index in [4.69, 9.17) is 5.73 Å². The summed E-state index contributed by atoms with van der Waals surface area (Å²) in [7, 11) is 0. The number of hydrogen-bond acceptors (Lipinski definition) is 4. The maximum atomic E-state index is 11.8. The van der Waals surface area contributed by atoms with Gasteiger partial charge in [-0.3, -0.25) is 14.4 Å². The highest BCUT2D eigenvalue weighted by Gasteiger charge is 2.31. The first-order chi connectivity index (χ1) is 8.10. The van der Waals surface area contributed by atoms with Gasteiger partial charge in [-0.2, -0.15) is 0 Å². The quantitative estimate of drug-likeness (QED) is 0.565. The molecule has 0 aliphatic carbocycles. The average Bonchev–Trinajstić information content (AvgIpc) is 2.35. The molecule has 3 amide bonds. The molecule has 0 bridgehead atoms. The molecule has 1 saturated heterocycles. The van der Waals surface area contributed by atoms with Crippen molar-refractivity contribution in [1.82, 2.24) is 15.5 Å². The molecule has 7 nitrogen and oxygen atoms in total. The second-order valence-electron chi connectivity index (χ2n) is 3.78. The van der Waals surface area contributed by atoms with Crippen LogP contribution in [0.15, 0.2) is 0 Å². The van der Waals surface area contributed by atoms with E-state index in [1.807, 2.05) is 6.92 Å². The molecule has 1 heterocycles. The van der Waals surface area contributed by atoms with Gasteiger partial charge in [-0.25, -0.2) is 0 Å². The molecule has 0 aromatic rings. The van der Waals surface area contributed by atoms with Gasteiger partial charge in [-0.15, -0.1) is 12.4 Å². The highest BCUT2D eigenvalue weighted by Crippen LogP contribution is 2.08. The number of nitrogens with two attached hydrogens (primary N) is 1. The number of carbonyl (C=O) groups excluding carboxylic acids is 3. The third-order valence-electron chi connectivity index (χ3n) is 2.66. The van der Waals surface area contributed by atoms with Crippen molar-refractivity contribution in [3.8, 4) is 0 Å². The minimum absolute atomic E-state index is 0. The Bertz CT molecular complexity index is 324. The fraction of sp³-hybridized carbons (Fsp3) is 0.700. The van der Waals surface area contributed by atoms with E-state index >= 15 is 0 Å². The number of carbonyl (C=O) groups is 3. The van der Waals surface area contributed by atoms with E-state index in [1.54, 1.807) is 0 Å². The summed E-state index contributed by atoms with van der Waals surface area (Å²) in [6.45, 7) is 2.51. The van der Waals surface area contributed by atoms with Crippen molar-refractivity contribution >= 4 is 30.1 Å². The minimum Gasteiger partial charge on any atom is -0.353 e. The Morgan fingerprint density at radius 3 is 2.78 bits per heavy atom. The smallest absolute Gasteiger partial charge is 0.242 e. The molecule has 104 valence electrons. The van der Waals surface area contributed by atoms with E-state index in [9.17, 15) is 14.4 Å². The van der Waals surface area contributed by atoms with Gasteiger partial charge in [0.1, 0.15) is 6.04 Å². The Labute approximate surface area is 112 Å². The summed E-state index contributed by atoms with van der Waals surface area (Å²) in [6, 6.07) is -0.439. The number of nitrogens with zero attached hydrogens (tertiary/aromatic N) is 1. The van der Waals surface area contributed by atoms with Crippen molar-refractivity contribution in [2.45, 2.75) is 19.4 Å². The van der Waals surface area contributed by atoms with Crippen LogP contribution >= 0.6 is 12.4 Å². The van der Waals surface area contributed by atoms with Crippen LogP contribution in [-0.2, 0) is 14.4 Å². The van der Waals surface area contributed by atoms with Crippen molar-refractivity contribution in [3.05, 3.63) is 0 Å². The van der Waals surface area contributed by atoms with E-state index in [1.165, 1.54) is 4.90 Å². The molecular formula is C10H19ClN4O3. The zero-order chi connectivity index (χ0) is 12.8. The second kappa shape index (κ2) is 7.88. The number of piperazine rings is 1. The number of hydrogen-bond donors (Lipinski definition) is 3. The predicted molar refractivity (Wildman–Crippen MR) is 68.1 cm³/mol. The highest BCUT2D eigenvalue weighted by atomic mass is 35.5. The number of nitrogens with one attached hydrogen (secondary N) is 2. The lowest BCUT2D eigenvalue weighted by Crippen LogP contribution is -2.58. The molecule has 1 fully saturated rings. The minimum atomic E-state index is -0.439. The van der Waals surface area contributed by atoms with Gasteiger partial charge in [0.05, 0.1) is 13.1 Å². The summed E-state index contributed by atoms with van der Waals surface area (Å²) in [6.07, 6.45) is 0.558. The molecule has 1 rings (SSSR count). The zero-order valence-electron chi connectivity index (χ0n) is 10.3. The van der Waals surface area contributed by atoms with Gasteiger partial charge in [0.15, 0.2) is 0 Å². The molecule has 1 aliphatic rings. The summed E-state index contributed by atoms with van der Waals surface area (Å²) >= 11 is 0. The first-order valence-corrected chi connectivity index (χ1v) is 5.64. The summed E-state index contributed by atoms with van der Waals surface area (Å²) in [5.74, 6) is -0.779. The van der Waals surface area contributed by atoms with Crippen LogP contribution in [0.1, 0.15) is 13.3 Å². The van der Waals surface area contributed by atoms with Gasteiger partial charge in [-0.1, -0.05) is 6.92 Å². The van der Waals surface area contributed by atoms with E-state index in [2.05, 4.69) is 10.6 Å². The Balaban J connectivity index is 0.00000289. The Morgan fingerprint density at radius 2 is 2.22 bits per heavy atom. The molecule has 18 heavy (non-hydrogen) atoms. The van der Waals surface area contributed by atoms with Crippen LogP contribution in [0.5, 0.6) is 0 Å². The molecule has 0 spiro atoms. The topological polar surface area (TPSA) is 105 Å². The SMILES string of the molecule is CCC1C(=O)NCCN1C(=O)CNC(=O)CN.Cl. The van der Waals surface area contributed by atoms with Crippen LogP contribution in [0.4, 0.5) is 0 Å². The van der Waals surface area contributed by atoms with Gasteiger partial charge in [-0.05, 0) is 6.42 Å². The normalized spacial score (nSPS) is 18.7. The van der Waals surface area contributed by atoms with Gasteiger partial charge in [0, 0.05) is 13.1 Å². The standard InChI is InChI=1S/C10H18N4O3.ClH/c1-2-7-10(17)12-3-4-14(7)9(16)6-13-8(15)5-11;/h7H,2-6,11H2,1H3,(H,12,17)(H,13,15);1H. The van der Waals surface area contributed by atoms with Gasteiger partial charge in [0.2, 0.25) is 17.7 Å². The molecular weight excluding hydrogens is 260 g/mol.